The van der Waals surface area contributed by atoms with Crippen LogP contribution in [0.1, 0.15) is 30.9 Å². The van der Waals surface area contributed by atoms with Gasteiger partial charge in [-0.3, -0.25) is 4.90 Å². The zero-order valence-corrected chi connectivity index (χ0v) is 13.8. The van der Waals surface area contributed by atoms with Crippen molar-refractivity contribution in [2.24, 2.45) is 0 Å². The third-order valence-electron chi connectivity index (χ3n) is 4.25. The van der Waals surface area contributed by atoms with E-state index >= 15 is 0 Å². The van der Waals surface area contributed by atoms with Gasteiger partial charge in [0.2, 0.25) is 10.0 Å². The summed E-state index contributed by atoms with van der Waals surface area (Å²) < 4.78 is 27.9. The van der Waals surface area contributed by atoms with Crippen molar-refractivity contribution in [3.8, 4) is 0 Å². The van der Waals surface area contributed by atoms with Crippen molar-refractivity contribution in [3.63, 3.8) is 0 Å². The number of nitrogens with zero attached hydrogens (tertiary/aromatic N) is 1. The summed E-state index contributed by atoms with van der Waals surface area (Å²) in [5.41, 5.74) is 7.70. The minimum absolute atomic E-state index is 0.212. The van der Waals surface area contributed by atoms with Crippen LogP contribution in [0.3, 0.4) is 0 Å². The third-order valence-corrected chi connectivity index (χ3v) is 5.96. The topological polar surface area (TPSA) is 75.4 Å². The molecule has 1 fully saturated rings. The van der Waals surface area contributed by atoms with Gasteiger partial charge in [0.05, 0.1) is 4.90 Å². The van der Waals surface area contributed by atoms with Crippen molar-refractivity contribution in [1.29, 1.82) is 0 Å². The average molecular weight is 311 g/mol. The van der Waals surface area contributed by atoms with Crippen LogP contribution >= 0.6 is 0 Å². The number of sulfonamides is 1. The number of anilines is 1. The first kappa shape index (κ1) is 16.3. The fraction of sp³-hybridized carbons (Fsp3) is 0.600. The van der Waals surface area contributed by atoms with Gasteiger partial charge >= 0.3 is 0 Å². The number of rotatable bonds is 5. The predicted octanol–water partition coefficient (Wildman–Crippen LogP) is 1.65. The molecule has 0 amide bonds. The zero-order chi connectivity index (χ0) is 15.6. The van der Waals surface area contributed by atoms with Crippen molar-refractivity contribution in [1.82, 2.24) is 9.62 Å². The molecular weight excluding hydrogens is 286 g/mol. The van der Waals surface area contributed by atoms with Gasteiger partial charge in [0.15, 0.2) is 0 Å². The lowest BCUT2D eigenvalue weighted by Crippen LogP contribution is -2.40. The van der Waals surface area contributed by atoms with Crippen molar-refractivity contribution in [3.05, 3.63) is 23.3 Å². The maximum Gasteiger partial charge on any atom is 0.241 e. The molecule has 0 aromatic heterocycles. The molecule has 118 valence electrons. The molecule has 1 saturated heterocycles. The number of nitrogens with one attached hydrogen (secondary N) is 1. The van der Waals surface area contributed by atoms with E-state index in [9.17, 15) is 8.42 Å². The van der Waals surface area contributed by atoms with Crippen molar-refractivity contribution >= 4 is 15.7 Å². The van der Waals surface area contributed by atoms with Crippen LogP contribution in [0.4, 0.5) is 5.69 Å². The highest BCUT2D eigenvalue weighted by Gasteiger charge is 2.23. The first-order chi connectivity index (χ1) is 9.83. The molecule has 0 radical (unpaired) electrons. The fourth-order valence-electron chi connectivity index (χ4n) is 2.87. The largest absolute Gasteiger partial charge is 0.398 e. The highest BCUT2D eigenvalue weighted by atomic mass is 32.2. The van der Waals surface area contributed by atoms with Gasteiger partial charge in [-0.05, 0) is 63.9 Å². The molecule has 2 rings (SSSR count). The Labute approximate surface area is 127 Å². The number of benzene rings is 1. The van der Waals surface area contributed by atoms with Gasteiger partial charge in [0.1, 0.15) is 0 Å². The second kappa shape index (κ2) is 6.34. The molecule has 5 nitrogen and oxygen atoms in total. The Kier molecular flexibility index (Phi) is 4.91. The van der Waals surface area contributed by atoms with Crippen LogP contribution in [-0.4, -0.2) is 39.0 Å². The second-order valence-electron chi connectivity index (χ2n) is 5.87. The highest BCUT2D eigenvalue weighted by molar-refractivity contribution is 7.89. The Bertz CT molecular complexity index is 608. The Morgan fingerprint density at radius 2 is 1.90 bits per heavy atom. The van der Waals surface area contributed by atoms with E-state index in [0.717, 1.165) is 18.7 Å². The monoisotopic (exact) mass is 311 g/mol. The molecule has 0 spiro atoms. The molecule has 1 aliphatic heterocycles. The van der Waals surface area contributed by atoms with Gasteiger partial charge in [-0.25, -0.2) is 13.1 Å². The Balaban J connectivity index is 2.13. The van der Waals surface area contributed by atoms with E-state index in [4.69, 9.17) is 5.73 Å². The van der Waals surface area contributed by atoms with Gasteiger partial charge in [-0.2, -0.15) is 0 Å². The molecular formula is C15H25N3O2S. The number of hydrogen-bond acceptors (Lipinski definition) is 4. The molecule has 1 aromatic carbocycles. The molecule has 0 saturated carbocycles. The Morgan fingerprint density at radius 3 is 2.52 bits per heavy atom. The van der Waals surface area contributed by atoms with Crippen molar-refractivity contribution < 1.29 is 8.42 Å². The molecule has 0 bridgehead atoms. The summed E-state index contributed by atoms with van der Waals surface area (Å²) in [7, 11) is -3.53. The quantitative estimate of drug-likeness (QED) is 0.811. The molecule has 1 aliphatic rings. The summed E-state index contributed by atoms with van der Waals surface area (Å²) in [6, 6.07) is 3.71. The fourth-order valence-corrected chi connectivity index (χ4v) is 4.49. The van der Waals surface area contributed by atoms with Gasteiger partial charge in [0, 0.05) is 18.3 Å². The van der Waals surface area contributed by atoms with Crippen LogP contribution < -0.4 is 10.5 Å². The highest BCUT2D eigenvalue weighted by Crippen LogP contribution is 2.24. The molecule has 1 atom stereocenters. The summed E-state index contributed by atoms with van der Waals surface area (Å²) in [5, 5.41) is 0. The molecule has 6 heteroatoms. The second-order valence-corrected chi connectivity index (χ2v) is 7.57. The number of nitrogen functional groups attached to an aromatic ring is 1. The van der Waals surface area contributed by atoms with Crippen molar-refractivity contribution in [2.75, 3.05) is 25.4 Å². The minimum atomic E-state index is -3.53. The summed E-state index contributed by atoms with van der Waals surface area (Å²) in [5.74, 6) is 0. The summed E-state index contributed by atoms with van der Waals surface area (Å²) in [6.45, 7) is 8.15. The molecule has 1 unspecified atom stereocenters. The first-order valence-corrected chi connectivity index (χ1v) is 8.90. The van der Waals surface area contributed by atoms with Gasteiger partial charge in [-0.1, -0.05) is 6.07 Å². The van der Waals surface area contributed by atoms with Crippen LogP contribution in [0.2, 0.25) is 0 Å². The van der Waals surface area contributed by atoms with Gasteiger partial charge in [0.25, 0.3) is 0 Å². The SMILES string of the molecule is Cc1ccc(N)c(C)c1S(=O)(=O)NCC(C)N1CCCC1. The number of nitrogens with two attached hydrogens (primary N) is 1. The lowest BCUT2D eigenvalue weighted by Gasteiger charge is -2.24. The molecule has 1 aromatic rings. The van der Waals surface area contributed by atoms with Crippen molar-refractivity contribution in [2.45, 2.75) is 44.6 Å². The average Bonchev–Trinajstić information content (AvgIpc) is 2.95. The third kappa shape index (κ3) is 3.56. The van der Waals surface area contributed by atoms with E-state index in [1.54, 1.807) is 26.0 Å². The normalized spacial score (nSPS) is 18.0. The summed E-state index contributed by atoms with van der Waals surface area (Å²) in [4.78, 5) is 2.64. The van der Waals surface area contributed by atoms with E-state index in [1.165, 1.54) is 12.8 Å². The molecule has 0 aliphatic carbocycles. The molecule has 1 heterocycles. The van der Waals surface area contributed by atoms with E-state index in [-0.39, 0.29) is 6.04 Å². The smallest absolute Gasteiger partial charge is 0.241 e. The van der Waals surface area contributed by atoms with Crippen LogP contribution in [0.25, 0.3) is 0 Å². The Hall–Kier alpha value is -1.11. The lowest BCUT2D eigenvalue weighted by molar-refractivity contribution is 0.260. The number of likely N-dealkylation sites (tertiary alicyclic amines) is 1. The van der Waals surface area contributed by atoms with E-state index in [0.29, 0.717) is 22.7 Å². The zero-order valence-electron chi connectivity index (χ0n) is 13.0. The van der Waals surface area contributed by atoms with Crippen LogP contribution in [0.15, 0.2) is 17.0 Å². The van der Waals surface area contributed by atoms with Gasteiger partial charge in [-0.15, -0.1) is 0 Å². The summed E-state index contributed by atoms with van der Waals surface area (Å²) in [6.07, 6.45) is 2.40. The predicted molar refractivity (Wildman–Crippen MR) is 85.8 cm³/mol. The lowest BCUT2D eigenvalue weighted by atomic mass is 10.1. The molecule has 21 heavy (non-hydrogen) atoms. The molecule has 3 N–H and O–H groups in total. The van der Waals surface area contributed by atoms with Crippen LogP contribution in [-0.2, 0) is 10.0 Å². The van der Waals surface area contributed by atoms with Crippen LogP contribution in [0, 0.1) is 13.8 Å². The van der Waals surface area contributed by atoms with Crippen LogP contribution in [0.5, 0.6) is 0 Å². The number of hydrogen-bond donors (Lipinski definition) is 2. The van der Waals surface area contributed by atoms with Gasteiger partial charge < -0.3 is 5.73 Å². The standard InChI is InChI=1S/C15H25N3O2S/c1-11-6-7-14(16)13(3)15(11)21(19,20)17-10-12(2)18-8-4-5-9-18/h6-7,12,17H,4-5,8-10,16H2,1-3H3. The minimum Gasteiger partial charge on any atom is -0.398 e. The van der Waals surface area contributed by atoms with E-state index in [1.807, 2.05) is 0 Å². The number of aryl methyl sites for hydroxylation is 1. The van der Waals surface area contributed by atoms with E-state index in [2.05, 4.69) is 16.5 Å². The van der Waals surface area contributed by atoms with E-state index < -0.39 is 10.0 Å². The summed E-state index contributed by atoms with van der Waals surface area (Å²) >= 11 is 0. The first-order valence-electron chi connectivity index (χ1n) is 7.42. The Morgan fingerprint density at radius 1 is 1.29 bits per heavy atom. The maximum atomic E-state index is 12.6. The maximum absolute atomic E-state index is 12.6.